The Hall–Kier alpha value is -4.87. The molecule has 3 aliphatic heterocycles. The van der Waals surface area contributed by atoms with Crippen molar-refractivity contribution in [1.82, 2.24) is 40.1 Å². The number of benzene rings is 2. The van der Waals surface area contributed by atoms with Gasteiger partial charge in [-0.25, -0.2) is 15.4 Å². The summed E-state index contributed by atoms with van der Waals surface area (Å²) in [5.74, 6) is 2.17. The number of hydrogen-bond donors (Lipinski definition) is 3. The van der Waals surface area contributed by atoms with Crippen LogP contribution in [-0.4, -0.2) is 115 Å². The lowest BCUT2D eigenvalue weighted by Crippen LogP contribution is -2.62. The van der Waals surface area contributed by atoms with Gasteiger partial charge in [-0.1, -0.05) is 45.7 Å². The molecule has 3 N–H and O–H groups in total. The zero-order valence-electron chi connectivity index (χ0n) is 39.2. The molecule has 0 radical (unpaired) electrons. The van der Waals surface area contributed by atoms with Crippen LogP contribution in [0.15, 0.2) is 55.1 Å². The number of hydrazine groups is 1. The van der Waals surface area contributed by atoms with Crippen molar-refractivity contribution in [2.45, 2.75) is 98.3 Å². The van der Waals surface area contributed by atoms with Crippen LogP contribution in [0.3, 0.4) is 0 Å². The molecule has 3 aliphatic rings. The minimum atomic E-state index is -1.16. The molecule has 6 bridgehead atoms. The summed E-state index contributed by atoms with van der Waals surface area (Å²) in [5, 5.41) is 16.6. The van der Waals surface area contributed by atoms with Crippen molar-refractivity contribution < 1.29 is 33.8 Å². The van der Waals surface area contributed by atoms with Gasteiger partial charge in [0.1, 0.15) is 30.2 Å². The summed E-state index contributed by atoms with van der Waals surface area (Å²) in [5.41, 5.74) is 8.61. The molecule has 7 rings (SSSR count). The smallest absolute Gasteiger partial charge is 0.324 e. The lowest BCUT2D eigenvalue weighted by atomic mass is 9.84. The predicted octanol–water partition coefficient (Wildman–Crippen LogP) is 4.95. The fourth-order valence-electron chi connectivity index (χ4n) is 9.40. The second-order valence-corrected chi connectivity index (χ2v) is 18.1. The summed E-state index contributed by atoms with van der Waals surface area (Å²) < 4.78 is 8.28. The monoisotopic (exact) mass is 994 g/mol. The van der Waals surface area contributed by atoms with Crippen LogP contribution in [0.4, 0.5) is 0 Å². The van der Waals surface area contributed by atoms with Crippen LogP contribution < -0.4 is 10.7 Å². The fraction of sp³-hybridized carbons (Fsp3) is 0.479. The zero-order valence-corrected chi connectivity index (χ0v) is 43.2. The Kier molecular flexibility index (Phi) is 20.2. The van der Waals surface area contributed by atoms with E-state index < -0.39 is 47.2 Å². The van der Waals surface area contributed by atoms with Crippen molar-refractivity contribution in [1.29, 1.82) is 0 Å². The molecule has 364 valence electrons. The maximum atomic E-state index is 14.6. The molecule has 4 atom stereocenters. The fourth-order valence-corrected chi connectivity index (χ4v) is 9.40. The van der Waals surface area contributed by atoms with Gasteiger partial charge in [0.2, 0.25) is 11.8 Å². The maximum absolute atomic E-state index is 14.6. The maximum Gasteiger partial charge on any atom is 0.324 e. The molecule has 4 aromatic rings. The molecule has 5 heterocycles. The zero-order chi connectivity index (χ0) is 45.2. The van der Waals surface area contributed by atoms with E-state index in [0.717, 1.165) is 33.3 Å². The van der Waals surface area contributed by atoms with Crippen LogP contribution in [0.25, 0.3) is 33.3 Å². The lowest BCUT2D eigenvalue weighted by molar-refractivity contribution is -0.155. The number of amides is 4. The number of aromatic nitrogens is 3. The van der Waals surface area contributed by atoms with Crippen LogP contribution in [0.5, 0.6) is 5.75 Å². The predicted molar refractivity (Wildman–Crippen MR) is 279 cm³/mol. The van der Waals surface area contributed by atoms with Crippen molar-refractivity contribution in [3.05, 3.63) is 66.2 Å². The van der Waals surface area contributed by atoms with Crippen molar-refractivity contribution in [3.8, 4) is 40.0 Å². The van der Waals surface area contributed by atoms with E-state index in [9.17, 15) is 29.1 Å². The molecular weight excluding hydrogens is 929 g/mol. The van der Waals surface area contributed by atoms with Crippen LogP contribution in [-0.2, 0) is 48.1 Å². The largest absolute Gasteiger partial charge is 0.508 e. The van der Waals surface area contributed by atoms with E-state index in [1.807, 2.05) is 26.0 Å². The van der Waals surface area contributed by atoms with Gasteiger partial charge in [0.05, 0.1) is 18.2 Å². The number of fused-ring (bicyclic) bond motifs is 6. The Bertz CT molecular complexity index is 2490. The normalized spacial score (nSPS) is 19.4. The third-order valence-electron chi connectivity index (χ3n) is 12.4. The van der Waals surface area contributed by atoms with Gasteiger partial charge in [-0.2, -0.15) is 54.0 Å². The minimum absolute atomic E-state index is 0. The molecule has 4 amide bonds. The number of rotatable bonds is 7. The highest BCUT2D eigenvalue weighted by Gasteiger charge is 2.40. The molecule has 2 fully saturated rings. The number of ether oxygens (including phenoxy) is 1. The van der Waals surface area contributed by atoms with Gasteiger partial charge in [0.25, 0.3) is 11.8 Å². The number of aryl methyl sites for hydroxylation is 1. The first-order chi connectivity index (χ1) is 30.1. The average molecular weight is 995 g/mol. The van der Waals surface area contributed by atoms with Crippen molar-refractivity contribution in [2.75, 3.05) is 33.3 Å². The first-order valence-corrected chi connectivity index (χ1v) is 21.9. The quantitative estimate of drug-likeness (QED) is 0.170. The van der Waals surface area contributed by atoms with Crippen LogP contribution in [0.1, 0.15) is 71.9 Å². The van der Waals surface area contributed by atoms with E-state index in [-0.39, 0.29) is 104 Å². The number of carbonyl (C=O) groups excluding carboxylic acids is 5. The highest BCUT2D eigenvalue weighted by Crippen LogP contribution is 2.40. The van der Waals surface area contributed by atoms with Gasteiger partial charge < -0.3 is 29.5 Å². The third kappa shape index (κ3) is 12.4. The van der Waals surface area contributed by atoms with Gasteiger partial charge in [-0.15, -0.1) is 0 Å². The minimum Gasteiger partial charge on any atom is -0.508 e. The lowest BCUT2D eigenvalue weighted by Gasteiger charge is -2.37. The summed E-state index contributed by atoms with van der Waals surface area (Å²) in [7, 11) is 1.58. The Morgan fingerprint density at radius 1 is 1.00 bits per heavy atom. The average Bonchev–Trinajstić information content (AvgIpc) is 3.88. The number of cyclic esters (lactones) is 1. The van der Waals surface area contributed by atoms with E-state index >= 15 is 0 Å². The van der Waals surface area contributed by atoms with E-state index in [2.05, 4.69) is 70.0 Å². The van der Waals surface area contributed by atoms with Crippen molar-refractivity contribution >= 4 is 94.5 Å². The molecule has 2 aromatic heterocycles. The highest BCUT2D eigenvalue weighted by molar-refractivity contribution is 7.59. The number of aromatic hydroxyl groups is 1. The Balaban J connectivity index is 0.00000298. The first kappa shape index (κ1) is 56.5. The Morgan fingerprint density at radius 2 is 1.72 bits per heavy atom. The van der Waals surface area contributed by atoms with E-state index in [1.165, 1.54) is 16.2 Å². The van der Waals surface area contributed by atoms with Crippen molar-refractivity contribution in [2.24, 2.45) is 17.3 Å². The van der Waals surface area contributed by atoms with Gasteiger partial charge in [0.15, 0.2) is 0 Å². The molecular formula is C48H66N8O7S4. The van der Waals surface area contributed by atoms with E-state index in [4.69, 9.17) is 4.74 Å². The molecule has 67 heavy (non-hydrogen) atoms. The number of carbonyl (C=O) groups is 5. The molecule has 2 aromatic carbocycles. The number of phenolic OH excluding ortho intramolecular Hbond substituents is 1. The summed E-state index contributed by atoms with van der Waals surface area (Å²) in [6.45, 7) is 13.1. The molecule has 19 heteroatoms. The van der Waals surface area contributed by atoms with Crippen LogP contribution in [0.2, 0.25) is 0 Å². The molecule has 15 nitrogen and oxygen atoms in total. The molecule has 0 saturated carbocycles. The number of likely N-dealkylation sites (N-methyl/N-ethyl adjacent to an activating group) is 1. The second kappa shape index (κ2) is 23.9. The summed E-state index contributed by atoms with van der Waals surface area (Å²) in [6, 6.07) is 8.43. The third-order valence-corrected chi connectivity index (χ3v) is 12.4. The molecule has 0 spiro atoms. The van der Waals surface area contributed by atoms with E-state index in [0.29, 0.717) is 49.9 Å². The number of nitrogens with zero attached hydrogens (tertiary/aromatic N) is 6. The number of phenols is 1. The Labute approximate surface area is 421 Å². The summed E-state index contributed by atoms with van der Waals surface area (Å²) in [6.07, 6.45) is 7.05. The second-order valence-electron chi connectivity index (χ2n) is 18.1. The van der Waals surface area contributed by atoms with Gasteiger partial charge in [0, 0.05) is 73.9 Å². The number of hydrogen-bond acceptors (Lipinski definition) is 10. The number of likely N-dealkylation sites (tertiary alicyclic amines) is 1. The molecule has 0 aliphatic carbocycles. The van der Waals surface area contributed by atoms with Gasteiger partial charge >= 0.3 is 5.97 Å². The molecule has 0 unspecified atom stereocenters. The van der Waals surface area contributed by atoms with Crippen molar-refractivity contribution in [3.63, 3.8) is 0 Å². The number of nitrogens with one attached hydrogen (secondary N) is 2. The van der Waals surface area contributed by atoms with Gasteiger partial charge in [-0.3, -0.25) is 29.0 Å². The van der Waals surface area contributed by atoms with Crippen LogP contribution in [0, 0.1) is 29.1 Å². The van der Waals surface area contributed by atoms with E-state index in [1.54, 1.807) is 43.4 Å². The summed E-state index contributed by atoms with van der Waals surface area (Å²) >= 11 is 0. The first-order valence-electron chi connectivity index (χ1n) is 21.9. The standard InChI is InChI=1S/C48H58N8O7.4H2S/c1-8-11-41(58)54-17-15-32(26-54)45(60)53(7)42(29(3)4)44(59)51-39-20-30-18-33(21-35(57)19-30)31-13-14-40-36(22-31)37(43(55(40)9-2)34-24-49-28-50-25-34)23-48(5,6)27-63-47(62)38-12-10-16-56(52-38)46(39)61;;;;/h13-14,18-19,21-22,24-25,28-29,32,38-39,42,52,57H,9-10,12,15-17,20,23,26-27H2,1-7H3,(H,51,59);4*1H2/t32-,38+,39+,42+;;;;/m1..../s1. The van der Waals surface area contributed by atoms with Crippen LogP contribution >= 0.6 is 54.0 Å². The summed E-state index contributed by atoms with van der Waals surface area (Å²) in [4.78, 5) is 80.9. The Morgan fingerprint density at radius 3 is 2.39 bits per heavy atom. The van der Waals surface area contributed by atoms with Gasteiger partial charge in [-0.05, 0) is 97.9 Å². The number of esters is 1. The molecule has 2 saturated heterocycles. The SMILES string of the molecule is CC#CC(=O)N1CC[C@@H](C(=O)N(C)[C@H](C(=O)N[C@H]2Cc3cc(O)cc(c3)-c3ccc4c(c3)c(c(-c3cncnc3)n4CC)CC(C)(C)COC(=O)[C@@H]3CCCN(N3)C2=O)C(C)C)C1.S.S.S.S. The topological polar surface area (TPSA) is 179 Å². The highest BCUT2D eigenvalue weighted by atomic mass is 32.1.